The number of nitrogens with zero attached hydrogens (tertiary/aromatic N) is 1. The molecule has 0 aliphatic rings. The molecule has 78 valence electrons. The van der Waals surface area contributed by atoms with E-state index in [1.54, 1.807) is 0 Å². The zero-order valence-electron chi connectivity index (χ0n) is 9.03. The molecule has 0 aliphatic heterocycles. The van der Waals surface area contributed by atoms with Crippen molar-refractivity contribution in [3.63, 3.8) is 0 Å². The van der Waals surface area contributed by atoms with Crippen LogP contribution in [-0.4, -0.2) is 31.7 Å². The average Bonchev–Trinajstić information content (AvgIpc) is 2.00. The quantitative estimate of drug-likeness (QED) is 0.667. The maximum Gasteiger partial charge on any atom is 0.112 e. The molecule has 0 saturated heterocycles. The number of rotatable bonds is 5. The Bertz CT molecular complexity index is 183. The minimum absolute atomic E-state index is 0.864. The van der Waals surface area contributed by atoms with Gasteiger partial charge in [-0.05, 0) is 29.3 Å². The summed E-state index contributed by atoms with van der Waals surface area (Å²) in [5, 5.41) is 0.864. The monoisotopic (exact) mass is 268 g/mol. The van der Waals surface area contributed by atoms with Crippen molar-refractivity contribution in [3.05, 3.63) is 9.51 Å². The van der Waals surface area contributed by atoms with Gasteiger partial charge >= 0.3 is 0 Å². The smallest absolute Gasteiger partial charge is 0.112 e. The molecule has 0 amide bonds. The largest absolute Gasteiger partial charge is 0.324 e. The summed E-state index contributed by atoms with van der Waals surface area (Å²) in [5.41, 5.74) is 0. The second-order valence-electron chi connectivity index (χ2n) is 4.11. The lowest BCUT2D eigenvalue weighted by atomic mass is 10.3. The number of halogens is 2. The normalized spacial score (nSPS) is 14.3. The van der Waals surface area contributed by atoms with Crippen molar-refractivity contribution >= 4 is 27.5 Å². The van der Waals surface area contributed by atoms with Crippen LogP contribution in [0.25, 0.3) is 0 Å². The first kappa shape index (κ1) is 13.5. The van der Waals surface area contributed by atoms with Gasteiger partial charge in [0.2, 0.25) is 0 Å². The number of hydrogen-bond donors (Lipinski definition) is 0. The van der Waals surface area contributed by atoms with Gasteiger partial charge in [-0.1, -0.05) is 24.9 Å². The van der Waals surface area contributed by atoms with Gasteiger partial charge in [-0.15, -0.1) is 0 Å². The van der Waals surface area contributed by atoms with Crippen LogP contribution in [0.2, 0.25) is 0 Å². The van der Waals surface area contributed by atoms with Crippen LogP contribution < -0.4 is 0 Å². The van der Waals surface area contributed by atoms with Gasteiger partial charge < -0.3 is 4.48 Å². The van der Waals surface area contributed by atoms with Crippen LogP contribution in [0.1, 0.15) is 26.7 Å². The molecule has 1 nitrogen and oxygen atoms in total. The Balaban J connectivity index is 4.09. The van der Waals surface area contributed by atoms with Crippen molar-refractivity contribution in [1.82, 2.24) is 0 Å². The Labute approximate surface area is 95.5 Å². The van der Waals surface area contributed by atoms with Crippen molar-refractivity contribution in [2.75, 3.05) is 27.2 Å². The molecule has 0 aromatic carbocycles. The standard InChI is InChI=1S/C10H20BrClN/c1-5-6-7-13(3,4)8-10(11)9(2)12/h5-8H2,1-4H3/q+1/b10-9+. The van der Waals surface area contributed by atoms with Crippen molar-refractivity contribution in [1.29, 1.82) is 0 Å². The maximum absolute atomic E-state index is 5.89. The number of allylic oxidation sites excluding steroid dienone is 1. The third-order valence-electron chi connectivity index (χ3n) is 2.06. The molecule has 0 rings (SSSR count). The minimum Gasteiger partial charge on any atom is -0.324 e. The van der Waals surface area contributed by atoms with Crippen LogP contribution in [0.4, 0.5) is 0 Å². The number of likely N-dealkylation sites (N-methyl/N-ethyl adjacent to an activating group) is 1. The Hall–Kier alpha value is 0.470. The predicted molar refractivity (Wildman–Crippen MR) is 64.2 cm³/mol. The summed E-state index contributed by atoms with van der Waals surface area (Å²) >= 11 is 9.39. The van der Waals surface area contributed by atoms with Gasteiger partial charge in [0.15, 0.2) is 0 Å². The molecule has 13 heavy (non-hydrogen) atoms. The highest BCUT2D eigenvalue weighted by Crippen LogP contribution is 2.18. The molecule has 0 saturated carbocycles. The number of quaternary nitrogens is 1. The molecule has 3 heteroatoms. The lowest BCUT2D eigenvalue weighted by Crippen LogP contribution is -2.41. The van der Waals surface area contributed by atoms with Gasteiger partial charge in [-0.2, -0.15) is 0 Å². The highest BCUT2D eigenvalue weighted by atomic mass is 79.9. The number of unbranched alkanes of at least 4 members (excludes halogenated alkanes) is 1. The van der Waals surface area contributed by atoms with E-state index in [0.717, 1.165) is 20.5 Å². The molecular formula is C10H20BrClN+. The maximum atomic E-state index is 5.89. The van der Waals surface area contributed by atoms with E-state index in [9.17, 15) is 0 Å². The molecule has 0 aromatic heterocycles. The summed E-state index contributed by atoms with van der Waals surface area (Å²) in [6.07, 6.45) is 2.53. The topological polar surface area (TPSA) is 0 Å². The third kappa shape index (κ3) is 6.53. The van der Waals surface area contributed by atoms with Crippen molar-refractivity contribution in [2.24, 2.45) is 0 Å². The van der Waals surface area contributed by atoms with Crippen LogP contribution in [0, 0.1) is 0 Å². The van der Waals surface area contributed by atoms with E-state index in [1.165, 1.54) is 19.4 Å². The van der Waals surface area contributed by atoms with Gasteiger partial charge in [0.1, 0.15) is 6.54 Å². The lowest BCUT2D eigenvalue weighted by Gasteiger charge is -2.29. The van der Waals surface area contributed by atoms with E-state index in [0.29, 0.717) is 0 Å². The molecule has 0 aliphatic carbocycles. The van der Waals surface area contributed by atoms with Gasteiger partial charge in [0.25, 0.3) is 0 Å². The fourth-order valence-corrected chi connectivity index (χ4v) is 1.89. The Morgan fingerprint density at radius 3 is 2.31 bits per heavy atom. The summed E-state index contributed by atoms with van der Waals surface area (Å²) in [5.74, 6) is 0. The molecule has 0 atom stereocenters. The van der Waals surface area contributed by atoms with E-state index < -0.39 is 0 Å². The Morgan fingerprint density at radius 2 is 1.92 bits per heavy atom. The van der Waals surface area contributed by atoms with Gasteiger partial charge in [0.05, 0.1) is 25.1 Å². The van der Waals surface area contributed by atoms with Crippen LogP contribution in [0.5, 0.6) is 0 Å². The van der Waals surface area contributed by atoms with E-state index >= 15 is 0 Å². The fraction of sp³-hybridized carbons (Fsp3) is 0.800. The molecule has 0 spiro atoms. The molecule has 0 radical (unpaired) electrons. The van der Waals surface area contributed by atoms with Crippen LogP contribution >= 0.6 is 27.5 Å². The summed E-state index contributed by atoms with van der Waals surface area (Å²) in [7, 11) is 4.47. The van der Waals surface area contributed by atoms with Crippen LogP contribution in [0.3, 0.4) is 0 Å². The van der Waals surface area contributed by atoms with Gasteiger partial charge in [0, 0.05) is 5.03 Å². The first-order valence-electron chi connectivity index (χ1n) is 4.72. The molecular weight excluding hydrogens is 249 g/mol. The number of hydrogen-bond acceptors (Lipinski definition) is 0. The molecule has 0 unspecified atom stereocenters. The lowest BCUT2D eigenvalue weighted by molar-refractivity contribution is -0.885. The fourth-order valence-electron chi connectivity index (χ4n) is 1.15. The van der Waals surface area contributed by atoms with Crippen molar-refractivity contribution < 1.29 is 4.48 Å². The predicted octanol–water partition coefficient (Wildman–Crippen LogP) is 3.73. The van der Waals surface area contributed by atoms with Crippen LogP contribution in [0.15, 0.2) is 9.51 Å². The summed E-state index contributed by atoms with van der Waals surface area (Å²) < 4.78 is 2.12. The second-order valence-corrected chi connectivity index (χ2v) is 5.63. The summed E-state index contributed by atoms with van der Waals surface area (Å²) in [4.78, 5) is 0. The first-order chi connectivity index (χ1) is 5.89. The first-order valence-corrected chi connectivity index (χ1v) is 5.89. The molecule has 0 fully saturated rings. The summed E-state index contributed by atoms with van der Waals surface area (Å²) in [6, 6.07) is 0. The zero-order valence-corrected chi connectivity index (χ0v) is 11.4. The molecule has 0 aromatic rings. The molecule has 0 heterocycles. The van der Waals surface area contributed by atoms with Gasteiger partial charge in [-0.3, -0.25) is 0 Å². The van der Waals surface area contributed by atoms with Crippen molar-refractivity contribution in [2.45, 2.75) is 26.7 Å². The summed E-state index contributed by atoms with van der Waals surface area (Å²) in [6.45, 7) is 6.33. The Morgan fingerprint density at radius 1 is 1.38 bits per heavy atom. The second kappa shape index (κ2) is 6.05. The van der Waals surface area contributed by atoms with E-state index in [2.05, 4.69) is 36.9 Å². The van der Waals surface area contributed by atoms with Crippen molar-refractivity contribution in [3.8, 4) is 0 Å². The van der Waals surface area contributed by atoms with E-state index in [1.807, 2.05) is 6.92 Å². The highest BCUT2D eigenvalue weighted by molar-refractivity contribution is 9.11. The van der Waals surface area contributed by atoms with Crippen LogP contribution in [-0.2, 0) is 0 Å². The SMILES string of the molecule is CCCC[N+](C)(C)C/C(Br)=C(/C)Cl. The van der Waals surface area contributed by atoms with E-state index in [4.69, 9.17) is 11.6 Å². The van der Waals surface area contributed by atoms with E-state index in [-0.39, 0.29) is 0 Å². The average molecular weight is 270 g/mol. The molecule has 0 bridgehead atoms. The third-order valence-corrected chi connectivity index (χ3v) is 3.36. The Kier molecular flexibility index (Phi) is 6.27. The minimum atomic E-state index is 0.864. The molecule has 0 N–H and O–H groups in total. The van der Waals surface area contributed by atoms with Gasteiger partial charge in [-0.25, -0.2) is 0 Å². The zero-order chi connectivity index (χ0) is 10.5. The highest BCUT2D eigenvalue weighted by Gasteiger charge is 2.16.